The number of rotatable bonds is 2. The molecule has 12 heavy (non-hydrogen) atoms. The summed E-state index contributed by atoms with van der Waals surface area (Å²) in [4.78, 5) is 2.12. The molecule has 3 heteroatoms. The lowest BCUT2D eigenvalue weighted by atomic mass is 10.1. The molecule has 0 radical (unpaired) electrons. The smallest absolute Gasteiger partial charge is 0.111 e. The Balaban J connectivity index is 2.43. The van der Waals surface area contributed by atoms with Crippen molar-refractivity contribution in [3.8, 4) is 12.1 Å². The van der Waals surface area contributed by atoms with Crippen molar-refractivity contribution < 1.29 is 0 Å². The van der Waals surface area contributed by atoms with Gasteiger partial charge in [-0.1, -0.05) is 6.42 Å². The SMILES string of the molecule is N#CCC(C#N)N1CCCCC1. The molecule has 0 aromatic rings. The van der Waals surface area contributed by atoms with Crippen LogP contribution in [0.5, 0.6) is 0 Å². The molecular formula is C9H13N3. The Hall–Kier alpha value is -1.06. The summed E-state index contributed by atoms with van der Waals surface area (Å²) >= 11 is 0. The molecule has 1 atom stereocenters. The lowest BCUT2D eigenvalue weighted by Crippen LogP contribution is -2.38. The van der Waals surface area contributed by atoms with E-state index >= 15 is 0 Å². The Morgan fingerprint density at radius 3 is 2.33 bits per heavy atom. The second-order valence-electron chi connectivity index (χ2n) is 3.10. The van der Waals surface area contributed by atoms with Gasteiger partial charge >= 0.3 is 0 Å². The third-order valence-corrected chi connectivity index (χ3v) is 2.27. The molecule has 3 nitrogen and oxygen atoms in total. The molecule has 1 aliphatic heterocycles. The molecule has 0 bridgehead atoms. The zero-order valence-electron chi connectivity index (χ0n) is 7.16. The third-order valence-electron chi connectivity index (χ3n) is 2.27. The van der Waals surface area contributed by atoms with Gasteiger partial charge in [-0.25, -0.2) is 0 Å². The zero-order valence-corrected chi connectivity index (χ0v) is 7.16. The van der Waals surface area contributed by atoms with Gasteiger partial charge in [-0.3, -0.25) is 4.90 Å². The summed E-state index contributed by atoms with van der Waals surface area (Å²) in [7, 11) is 0. The summed E-state index contributed by atoms with van der Waals surface area (Å²) in [6.07, 6.45) is 3.95. The van der Waals surface area contributed by atoms with E-state index in [1.54, 1.807) is 0 Å². The summed E-state index contributed by atoms with van der Waals surface area (Å²) in [5.41, 5.74) is 0. The summed E-state index contributed by atoms with van der Waals surface area (Å²) in [6.45, 7) is 1.97. The minimum absolute atomic E-state index is 0.171. The maximum Gasteiger partial charge on any atom is 0.111 e. The molecule has 0 aliphatic carbocycles. The highest BCUT2D eigenvalue weighted by molar-refractivity contribution is 4.98. The van der Waals surface area contributed by atoms with Crippen LogP contribution < -0.4 is 0 Å². The van der Waals surface area contributed by atoms with E-state index in [9.17, 15) is 0 Å². The zero-order chi connectivity index (χ0) is 8.81. The lowest BCUT2D eigenvalue weighted by molar-refractivity contribution is 0.196. The van der Waals surface area contributed by atoms with Crippen LogP contribution in [0.4, 0.5) is 0 Å². The Morgan fingerprint density at radius 2 is 1.83 bits per heavy atom. The molecule has 64 valence electrons. The maximum atomic E-state index is 8.77. The standard InChI is InChI=1S/C9H13N3/c10-5-4-9(8-11)12-6-2-1-3-7-12/h9H,1-4,6-7H2. The van der Waals surface area contributed by atoms with Crippen LogP contribution in [0.2, 0.25) is 0 Å². The number of nitrogens with zero attached hydrogens (tertiary/aromatic N) is 3. The van der Waals surface area contributed by atoms with Gasteiger partial charge in [-0.2, -0.15) is 10.5 Å². The molecule has 1 aliphatic rings. The minimum Gasteiger partial charge on any atom is -0.287 e. The fourth-order valence-corrected chi connectivity index (χ4v) is 1.57. The van der Waals surface area contributed by atoms with Gasteiger partial charge in [0, 0.05) is 0 Å². The van der Waals surface area contributed by atoms with Gasteiger partial charge in [0.25, 0.3) is 0 Å². The van der Waals surface area contributed by atoms with Gasteiger partial charge in [0.2, 0.25) is 0 Å². The largest absolute Gasteiger partial charge is 0.287 e. The third kappa shape index (κ3) is 2.22. The van der Waals surface area contributed by atoms with Crippen molar-refractivity contribution in [3.63, 3.8) is 0 Å². The monoisotopic (exact) mass is 163 g/mol. The van der Waals surface area contributed by atoms with E-state index in [1.165, 1.54) is 19.3 Å². The highest BCUT2D eigenvalue weighted by Crippen LogP contribution is 2.13. The Labute approximate surface area is 73.2 Å². The summed E-state index contributed by atoms with van der Waals surface area (Å²) in [5, 5.41) is 17.2. The highest BCUT2D eigenvalue weighted by Gasteiger charge is 2.19. The molecule has 0 aromatic carbocycles. The first kappa shape index (κ1) is 9.03. The molecule has 1 saturated heterocycles. The average Bonchev–Trinajstić information content (AvgIpc) is 2.15. The van der Waals surface area contributed by atoms with Crippen LogP contribution in [-0.2, 0) is 0 Å². The van der Waals surface area contributed by atoms with Gasteiger partial charge < -0.3 is 0 Å². The van der Waals surface area contributed by atoms with E-state index in [1.807, 2.05) is 0 Å². The van der Waals surface area contributed by atoms with Crippen molar-refractivity contribution in [2.75, 3.05) is 13.1 Å². The molecule has 0 amide bonds. The number of hydrogen-bond acceptors (Lipinski definition) is 3. The van der Waals surface area contributed by atoms with E-state index < -0.39 is 0 Å². The quantitative estimate of drug-likeness (QED) is 0.616. The Bertz CT molecular complexity index is 205. The summed E-state index contributed by atoms with van der Waals surface area (Å²) in [6, 6.07) is 4.06. The number of hydrogen-bond donors (Lipinski definition) is 0. The fourth-order valence-electron chi connectivity index (χ4n) is 1.57. The van der Waals surface area contributed by atoms with Gasteiger partial charge in [0.05, 0.1) is 18.6 Å². The van der Waals surface area contributed by atoms with Crippen LogP contribution in [0.3, 0.4) is 0 Å². The van der Waals surface area contributed by atoms with Gasteiger partial charge in [-0.05, 0) is 25.9 Å². The van der Waals surface area contributed by atoms with Gasteiger partial charge in [0.1, 0.15) is 6.04 Å². The number of likely N-dealkylation sites (tertiary alicyclic amines) is 1. The first-order valence-electron chi connectivity index (χ1n) is 4.39. The summed E-state index contributed by atoms with van der Waals surface area (Å²) < 4.78 is 0. The van der Waals surface area contributed by atoms with E-state index in [0.29, 0.717) is 6.42 Å². The summed E-state index contributed by atoms with van der Waals surface area (Å²) in [5.74, 6) is 0. The van der Waals surface area contributed by atoms with Crippen LogP contribution in [-0.4, -0.2) is 24.0 Å². The van der Waals surface area contributed by atoms with E-state index in [-0.39, 0.29) is 6.04 Å². The van der Waals surface area contributed by atoms with Crippen molar-refractivity contribution in [2.24, 2.45) is 0 Å². The molecule has 1 fully saturated rings. The van der Waals surface area contributed by atoms with Crippen LogP contribution in [0.15, 0.2) is 0 Å². The topological polar surface area (TPSA) is 50.8 Å². The van der Waals surface area contributed by atoms with E-state index in [0.717, 1.165) is 13.1 Å². The fraction of sp³-hybridized carbons (Fsp3) is 0.778. The van der Waals surface area contributed by atoms with Crippen LogP contribution in [0.25, 0.3) is 0 Å². The molecular weight excluding hydrogens is 150 g/mol. The minimum atomic E-state index is -0.171. The van der Waals surface area contributed by atoms with Crippen LogP contribution >= 0.6 is 0 Å². The molecule has 1 heterocycles. The molecule has 1 unspecified atom stereocenters. The first-order valence-corrected chi connectivity index (χ1v) is 4.39. The molecule has 0 N–H and O–H groups in total. The molecule has 0 spiro atoms. The predicted octanol–water partition coefficient (Wildman–Crippen LogP) is 1.28. The van der Waals surface area contributed by atoms with Crippen LogP contribution in [0, 0.1) is 22.7 Å². The van der Waals surface area contributed by atoms with Crippen molar-refractivity contribution in [3.05, 3.63) is 0 Å². The number of nitriles is 2. The number of piperidine rings is 1. The maximum absolute atomic E-state index is 8.77. The average molecular weight is 163 g/mol. The van der Waals surface area contributed by atoms with E-state index in [4.69, 9.17) is 10.5 Å². The van der Waals surface area contributed by atoms with Gasteiger partial charge in [-0.15, -0.1) is 0 Å². The van der Waals surface area contributed by atoms with Crippen molar-refractivity contribution in [2.45, 2.75) is 31.7 Å². The molecule has 0 saturated carbocycles. The van der Waals surface area contributed by atoms with Gasteiger partial charge in [0.15, 0.2) is 0 Å². The van der Waals surface area contributed by atoms with Crippen LogP contribution in [0.1, 0.15) is 25.7 Å². The second-order valence-corrected chi connectivity index (χ2v) is 3.10. The van der Waals surface area contributed by atoms with Crippen molar-refractivity contribution >= 4 is 0 Å². The Kier molecular flexibility index (Phi) is 3.57. The van der Waals surface area contributed by atoms with E-state index in [2.05, 4.69) is 17.0 Å². The second kappa shape index (κ2) is 4.74. The molecule has 0 aromatic heterocycles. The first-order chi connectivity index (χ1) is 5.88. The Morgan fingerprint density at radius 1 is 1.17 bits per heavy atom. The molecule has 1 rings (SSSR count). The van der Waals surface area contributed by atoms with Crippen molar-refractivity contribution in [1.29, 1.82) is 10.5 Å². The highest BCUT2D eigenvalue weighted by atomic mass is 15.2. The normalized spacial score (nSPS) is 20.8. The lowest BCUT2D eigenvalue weighted by Gasteiger charge is -2.29. The van der Waals surface area contributed by atoms with Crippen molar-refractivity contribution in [1.82, 2.24) is 4.90 Å². The predicted molar refractivity (Wildman–Crippen MR) is 45.1 cm³/mol.